The van der Waals surface area contributed by atoms with Gasteiger partial charge in [-0.1, -0.05) is 23.2 Å². The van der Waals surface area contributed by atoms with Gasteiger partial charge in [-0.15, -0.1) is 0 Å². The molecule has 0 aromatic heterocycles. The molecule has 0 saturated heterocycles. The van der Waals surface area contributed by atoms with Gasteiger partial charge >= 0.3 is 0 Å². The molecular weight excluding hydrogens is 247 g/mol. The Morgan fingerprint density at radius 1 is 1.25 bits per heavy atom. The number of hydrogen-bond donors (Lipinski definition) is 0. The molecule has 0 radical (unpaired) electrons. The molecule has 0 fully saturated rings. The van der Waals surface area contributed by atoms with Crippen LogP contribution in [0.2, 0.25) is 10.0 Å². The Bertz CT molecular complexity index is 490. The van der Waals surface area contributed by atoms with Gasteiger partial charge in [0, 0.05) is 16.7 Å². The van der Waals surface area contributed by atoms with Crippen molar-refractivity contribution in [2.24, 2.45) is 0 Å². The molecule has 0 saturated carbocycles. The molecule has 0 amide bonds. The summed E-state index contributed by atoms with van der Waals surface area (Å²) in [5, 5.41) is 1.03. The van der Waals surface area contributed by atoms with Gasteiger partial charge in [0.05, 0.1) is 5.02 Å². The van der Waals surface area contributed by atoms with Crippen molar-refractivity contribution in [1.82, 2.24) is 0 Å². The highest BCUT2D eigenvalue weighted by molar-refractivity contribution is 6.35. The van der Waals surface area contributed by atoms with Crippen molar-refractivity contribution >= 4 is 34.7 Å². The minimum atomic E-state index is -0.807. The quantitative estimate of drug-likeness (QED) is 0.766. The average molecular weight is 257 g/mol. The van der Waals surface area contributed by atoms with Crippen molar-refractivity contribution in [2.45, 2.75) is 19.4 Å². The zero-order valence-corrected chi connectivity index (χ0v) is 10.4. The minimum absolute atomic E-state index is 0.0616. The van der Waals surface area contributed by atoms with Gasteiger partial charge in [-0.3, -0.25) is 4.79 Å². The number of carbonyl (C=O) groups is 1. The zero-order chi connectivity index (χ0) is 11.9. The number of halogens is 2. The molecule has 2 rings (SSSR count). The van der Waals surface area contributed by atoms with Crippen LogP contribution in [0, 0.1) is 0 Å². The van der Waals surface area contributed by atoms with E-state index in [1.54, 1.807) is 32.0 Å². The standard InChI is InChI=1S/C12H10Cl2O2/c1-12(2)11(15)6-10(16-12)8-4-3-7(13)5-9(8)14/h3-6H,1-2H3. The summed E-state index contributed by atoms with van der Waals surface area (Å²) in [5.41, 5.74) is -0.122. The molecule has 0 atom stereocenters. The molecule has 1 aromatic rings. The summed E-state index contributed by atoms with van der Waals surface area (Å²) in [6.45, 7) is 3.45. The molecular formula is C12H10Cl2O2. The maximum atomic E-state index is 11.6. The van der Waals surface area contributed by atoms with E-state index < -0.39 is 5.60 Å². The fraction of sp³-hybridized carbons (Fsp3) is 0.250. The average Bonchev–Trinajstić information content (AvgIpc) is 2.40. The van der Waals surface area contributed by atoms with Crippen LogP contribution in [0.25, 0.3) is 5.76 Å². The Hall–Kier alpha value is -0.990. The summed E-state index contributed by atoms with van der Waals surface area (Å²) < 4.78 is 5.55. The number of ether oxygens (including phenoxy) is 1. The van der Waals surface area contributed by atoms with E-state index >= 15 is 0 Å². The number of benzene rings is 1. The molecule has 4 heteroatoms. The predicted octanol–water partition coefficient (Wildman–Crippen LogP) is 3.71. The predicted molar refractivity (Wildman–Crippen MR) is 64.6 cm³/mol. The first kappa shape index (κ1) is 11.5. The van der Waals surface area contributed by atoms with Crippen LogP contribution in [0.5, 0.6) is 0 Å². The molecule has 1 heterocycles. The van der Waals surface area contributed by atoms with Crippen LogP contribution in [0.3, 0.4) is 0 Å². The van der Waals surface area contributed by atoms with E-state index in [9.17, 15) is 4.79 Å². The second-order valence-electron chi connectivity index (χ2n) is 4.11. The topological polar surface area (TPSA) is 26.3 Å². The summed E-state index contributed by atoms with van der Waals surface area (Å²) in [5.74, 6) is 0.435. The lowest BCUT2D eigenvalue weighted by atomic mass is 10.1. The van der Waals surface area contributed by atoms with E-state index in [-0.39, 0.29) is 5.78 Å². The molecule has 2 nitrogen and oxygen atoms in total. The van der Waals surface area contributed by atoms with E-state index in [1.165, 1.54) is 6.08 Å². The van der Waals surface area contributed by atoms with Gasteiger partial charge in [0.2, 0.25) is 5.78 Å². The maximum Gasteiger partial charge on any atom is 0.202 e. The molecule has 16 heavy (non-hydrogen) atoms. The lowest BCUT2D eigenvalue weighted by Gasteiger charge is -2.18. The largest absolute Gasteiger partial charge is 0.479 e. The van der Waals surface area contributed by atoms with E-state index in [4.69, 9.17) is 27.9 Å². The van der Waals surface area contributed by atoms with E-state index in [0.29, 0.717) is 21.4 Å². The summed E-state index contributed by atoms with van der Waals surface area (Å²) >= 11 is 11.8. The normalized spacial score (nSPS) is 18.2. The third-order valence-electron chi connectivity index (χ3n) is 2.42. The fourth-order valence-corrected chi connectivity index (χ4v) is 1.97. The van der Waals surface area contributed by atoms with Crippen LogP contribution < -0.4 is 0 Å². The van der Waals surface area contributed by atoms with Crippen molar-refractivity contribution in [3.63, 3.8) is 0 Å². The number of ketones is 1. The Balaban J connectivity index is 2.41. The van der Waals surface area contributed by atoms with E-state index in [0.717, 1.165) is 0 Å². The highest BCUT2D eigenvalue weighted by atomic mass is 35.5. The van der Waals surface area contributed by atoms with Crippen molar-refractivity contribution in [3.8, 4) is 0 Å². The second-order valence-corrected chi connectivity index (χ2v) is 4.95. The molecule has 0 spiro atoms. The Labute approximate surface area is 104 Å². The molecule has 0 bridgehead atoms. The fourth-order valence-electron chi connectivity index (χ4n) is 1.47. The van der Waals surface area contributed by atoms with Gasteiger partial charge in [-0.2, -0.15) is 0 Å². The van der Waals surface area contributed by atoms with Crippen molar-refractivity contribution in [2.75, 3.05) is 0 Å². The SMILES string of the molecule is CC1(C)OC(c2ccc(Cl)cc2Cl)=CC1=O. The van der Waals surface area contributed by atoms with E-state index in [2.05, 4.69) is 0 Å². The van der Waals surface area contributed by atoms with Crippen LogP contribution in [-0.2, 0) is 9.53 Å². The summed E-state index contributed by atoms with van der Waals surface area (Å²) in [4.78, 5) is 11.6. The molecule has 1 aromatic carbocycles. The first-order valence-corrected chi connectivity index (χ1v) is 5.56. The zero-order valence-electron chi connectivity index (χ0n) is 8.88. The molecule has 1 aliphatic heterocycles. The van der Waals surface area contributed by atoms with Crippen LogP contribution in [0.1, 0.15) is 19.4 Å². The lowest BCUT2D eigenvalue weighted by Crippen LogP contribution is -2.27. The molecule has 0 N–H and O–H groups in total. The highest BCUT2D eigenvalue weighted by Crippen LogP contribution is 2.35. The van der Waals surface area contributed by atoms with Crippen LogP contribution >= 0.6 is 23.2 Å². The van der Waals surface area contributed by atoms with Crippen molar-refractivity contribution in [3.05, 3.63) is 39.9 Å². The smallest absolute Gasteiger partial charge is 0.202 e. The van der Waals surface area contributed by atoms with E-state index in [1.807, 2.05) is 0 Å². The summed E-state index contributed by atoms with van der Waals surface area (Å²) in [6, 6.07) is 5.08. The van der Waals surface area contributed by atoms with Gasteiger partial charge in [-0.25, -0.2) is 0 Å². The van der Waals surface area contributed by atoms with Crippen LogP contribution in [0.4, 0.5) is 0 Å². The Morgan fingerprint density at radius 3 is 2.44 bits per heavy atom. The molecule has 1 aliphatic rings. The number of hydrogen-bond acceptors (Lipinski definition) is 2. The van der Waals surface area contributed by atoms with Gasteiger partial charge in [-0.05, 0) is 32.0 Å². The van der Waals surface area contributed by atoms with Crippen molar-refractivity contribution in [1.29, 1.82) is 0 Å². The summed E-state index contributed by atoms with van der Waals surface area (Å²) in [7, 11) is 0. The number of carbonyl (C=O) groups excluding carboxylic acids is 1. The highest BCUT2D eigenvalue weighted by Gasteiger charge is 2.35. The summed E-state index contributed by atoms with van der Waals surface area (Å²) in [6.07, 6.45) is 1.47. The minimum Gasteiger partial charge on any atom is -0.479 e. The first-order valence-electron chi connectivity index (χ1n) is 4.81. The van der Waals surface area contributed by atoms with Crippen LogP contribution in [-0.4, -0.2) is 11.4 Å². The molecule has 0 aliphatic carbocycles. The number of rotatable bonds is 1. The monoisotopic (exact) mass is 256 g/mol. The van der Waals surface area contributed by atoms with Crippen molar-refractivity contribution < 1.29 is 9.53 Å². The van der Waals surface area contributed by atoms with Crippen LogP contribution in [0.15, 0.2) is 24.3 Å². The third kappa shape index (κ3) is 1.95. The Kier molecular flexibility index (Phi) is 2.72. The lowest BCUT2D eigenvalue weighted by molar-refractivity contribution is -0.125. The van der Waals surface area contributed by atoms with Gasteiger partial charge in [0.25, 0.3) is 0 Å². The van der Waals surface area contributed by atoms with Gasteiger partial charge < -0.3 is 4.74 Å². The maximum absolute atomic E-state index is 11.6. The van der Waals surface area contributed by atoms with Gasteiger partial charge in [0.1, 0.15) is 5.76 Å². The first-order chi connectivity index (χ1) is 7.40. The second kappa shape index (κ2) is 3.79. The molecule has 0 unspecified atom stereocenters. The molecule has 84 valence electrons. The third-order valence-corrected chi connectivity index (χ3v) is 2.97. The van der Waals surface area contributed by atoms with Gasteiger partial charge in [0.15, 0.2) is 5.60 Å². The Morgan fingerprint density at radius 2 is 1.94 bits per heavy atom.